The number of terminal acetylenes is 3. The maximum absolute atomic E-state index is 11.3. The second-order valence-corrected chi connectivity index (χ2v) is 18.1. The van der Waals surface area contributed by atoms with Gasteiger partial charge in [-0.05, 0) is 154 Å². The number of benzene rings is 1. The number of rotatable bonds is 8. The van der Waals surface area contributed by atoms with Gasteiger partial charge in [-0.15, -0.1) is 45.1 Å². The Morgan fingerprint density at radius 3 is 2.11 bits per heavy atom. The van der Waals surface area contributed by atoms with E-state index in [-0.39, 0.29) is 0 Å². The lowest BCUT2D eigenvalue weighted by atomic mass is 9.33. The van der Waals surface area contributed by atoms with Gasteiger partial charge >= 0.3 is 0 Å². The van der Waals surface area contributed by atoms with Crippen molar-refractivity contribution in [2.75, 3.05) is 52.9 Å². The number of nitrogens with one attached hydrogen (secondary N) is 1. The largest absolute Gasteiger partial charge is 0.316 e. The Morgan fingerprint density at radius 1 is 0.833 bits per heavy atom. The first-order chi connectivity index (χ1) is 26.0. The van der Waals surface area contributed by atoms with Crippen LogP contribution < -0.4 is 5.32 Å². The Balaban J connectivity index is 0.000000807. The lowest BCUT2D eigenvalue weighted by Gasteiger charge is -2.71. The molecule has 296 valence electrons. The van der Waals surface area contributed by atoms with Gasteiger partial charge in [0.2, 0.25) is 0 Å². The normalized spacial score (nSPS) is 36.6. The molecule has 0 bridgehead atoms. The van der Waals surface area contributed by atoms with Gasteiger partial charge in [0.25, 0.3) is 0 Å². The summed E-state index contributed by atoms with van der Waals surface area (Å²) in [6, 6.07) is 8.37. The smallest absolute Gasteiger partial charge is 0.150 e. The minimum Gasteiger partial charge on any atom is -0.316 e. The molecule has 0 radical (unpaired) electrons. The van der Waals surface area contributed by atoms with Crippen LogP contribution in [0.5, 0.6) is 0 Å². The Bertz CT molecular complexity index is 1420. The number of carbonyl (C=O) groups excluding carboxylic acids is 1. The molecular weight excluding hydrogens is 659 g/mol. The molecule has 1 N–H and O–H groups in total. The molecule has 1 aliphatic heterocycles. The third-order valence-corrected chi connectivity index (χ3v) is 16.0. The maximum Gasteiger partial charge on any atom is 0.150 e. The van der Waals surface area contributed by atoms with Crippen LogP contribution in [0.2, 0.25) is 0 Å². The molecule has 0 spiro atoms. The zero-order chi connectivity index (χ0) is 40.2. The lowest BCUT2D eigenvalue weighted by molar-refractivity contribution is -0.217. The molecule has 54 heavy (non-hydrogen) atoms. The molecule has 1 aromatic carbocycles. The van der Waals surface area contributed by atoms with Crippen LogP contribution in [0.3, 0.4) is 0 Å². The van der Waals surface area contributed by atoms with E-state index >= 15 is 0 Å². The van der Waals surface area contributed by atoms with E-state index in [1.165, 1.54) is 128 Å². The number of hydrogen-bond acceptors (Lipinski definition) is 4. The summed E-state index contributed by atoms with van der Waals surface area (Å²) in [7, 11) is 2.26. The molecule has 4 nitrogen and oxygen atoms in total. The first-order valence-electron chi connectivity index (χ1n) is 21.0. The first kappa shape index (κ1) is 45.3. The van der Waals surface area contributed by atoms with E-state index < -0.39 is 0 Å². The van der Waals surface area contributed by atoms with Gasteiger partial charge in [-0.3, -0.25) is 4.79 Å². The van der Waals surface area contributed by atoms with E-state index in [0.717, 1.165) is 35.5 Å². The highest BCUT2D eigenvalue weighted by molar-refractivity contribution is 5.77. The van der Waals surface area contributed by atoms with Crippen molar-refractivity contribution in [2.24, 2.45) is 51.2 Å². The van der Waals surface area contributed by atoms with Crippen molar-refractivity contribution in [1.82, 2.24) is 15.1 Å². The van der Waals surface area contributed by atoms with Crippen LogP contribution in [-0.4, -0.2) is 68.9 Å². The van der Waals surface area contributed by atoms with Crippen molar-refractivity contribution in [3.05, 3.63) is 54.1 Å². The standard InChI is InChI=1S/C41H63N3O.C3H6.3C2H2/c1-30-33(32-11-9-31(28-45)10-12-32)15-18-38(2)34(30)16-19-40(4)37(38)14-13-35-36-8-6-17-41(36,21-20-39(35,40)3)29-42-22-7-23-44-26-24-43(5)25-27-44;1-3-2;3*1-2/h9-12,15,28,30,34-37,42H,6-8,13-14,16-27,29H2,1-5H3;3H,1H2,2H3;3*1-2H/t30?,34?,35-,36?,37?,38+,39-,40-,41-;;;;/m1..../s1. The predicted octanol–water partition coefficient (Wildman–Crippen LogP) is 10.1. The summed E-state index contributed by atoms with van der Waals surface area (Å²) >= 11 is 0. The fraction of sp³-hybridized carbons (Fsp3) is 0.660. The number of carbonyl (C=O) groups is 1. The second-order valence-electron chi connectivity index (χ2n) is 18.1. The Hall–Kier alpha value is -3.07. The monoisotopic (exact) mass is 734 g/mol. The van der Waals surface area contributed by atoms with Gasteiger partial charge < -0.3 is 15.1 Å². The van der Waals surface area contributed by atoms with Crippen molar-refractivity contribution >= 4 is 11.9 Å². The van der Waals surface area contributed by atoms with Crippen molar-refractivity contribution in [3.63, 3.8) is 0 Å². The topological polar surface area (TPSA) is 35.6 Å². The fourth-order valence-corrected chi connectivity index (χ4v) is 13.2. The number of piperazine rings is 1. The maximum atomic E-state index is 11.3. The number of aldehydes is 1. The van der Waals surface area contributed by atoms with Crippen LogP contribution >= 0.6 is 0 Å². The summed E-state index contributed by atoms with van der Waals surface area (Å²) in [6.07, 6.45) is 44.9. The predicted molar refractivity (Wildman–Crippen MR) is 233 cm³/mol. The SMILES string of the molecule is C#C.C#C.C#C.C=CC.CC1C(c2ccc(C=O)cc2)=CC[C@@]2(C)C1CC[C@]1(C)C2CC[C@@H]2C3CCC[C@]3(CNCCCN3CCN(C)CC3)CC[C@]21C. The van der Waals surface area contributed by atoms with Gasteiger partial charge in [0.05, 0.1) is 0 Å². The Labute approximate surface area is 332 Å². The third kappa shape index (κ3) is 8.66. The van der Waals surface area contributed by atoms with Crippen LogP contribution in [0.4, 0.5) is 0 Å². The number of fused-ring (bicyclic) bond motifs is 7. The van der Waals surface area contributed by atoms with Gasteiger partial charge in [-0.25, -0.2) is 0 Å². The number of likely N-dealkylation sites (N-methyl/N-ethyl adjacent to an activating group) is 1. The van der Waals surface area contributed by atoms with E-state index in [1.54, 1.807) is 6.08 Å². The summed E-state index contributed by atoms with van der Waals surface area (Å²) in [5.74, 6) is 3.99. The molecule has 4 saturated carbocycles. The molecule has 5 aliphatic carbocycles. The molecule has 9 atom stereocenters. The van der Waals surface area contributed by atoms with E-state index in [2.05, 4.69) is 113 Å². The highest BCUT2D eigenvalue weighted by Gasteiger charge is 2.68. The molecule has 7 rings (SSSR count). The fourth-order valence-electron chi connectivity index (χ4n) is 13.2. The zero-order valence-electron chi connectivity index (χ0n) is 35.1. The lowest BCUT2D eigenvalue weighted by Crippen LogP contribution is -2.64. The molecule has 0 amide bonds. The first-order valence-corrected chi connectivity index (χ1v) is 21.0. The van der Waals surface area contributed by atoms with E-state index in [4.69, 9.17) is 0 Å². The van der Waals surface area contributed by atoms with Crippen LogP contribution in [0, 0.1) is 89.8 Å². The van der Waals surface area contributed by atoms with E-state index in [9.17, 15) is 4.79 Å². The van der Waals surface area contributed by atoms with Crippen LogP contribution in [0.15, 0.2) is 43.0 Å². The summed E-state index contributed by atoms with van der Waals surface area (Å²) < 4.78 is 0. The Morgan fingerprint density at radius 2 is 1.48 bits per heavy atom. The molecule has 1 heterocycles. The molecule has 1 aromatic rings. The highest BCUT2D eigenvalue weighted by atomic mass is 16.1. The molecule has 1 saturated heterocycles. The molecule has 0 aromatic heterocycles. The van der Waals surface area contributed by atoms with Crippen molar-refractivity contribution < 1.29 is 4.79 Å². The van der Waals surface area contributed by atoms with Gasteiger partial charge in [0.1, 0.15) is 6.29 Å². The average molecular weight is 734 g/mol. The third-order valence-electron chi connectivity index (χ3n) is 16.0. The minimum absolute atomic E-state index is 0.391. The van der Waals surface area contributed by atoms with Crippen molar-refractivity contribution in [3.8, 4) is 38.5 Å². The molecule has 5 fully saturated rings. The molecule has 6 aliphatic rings. The minimum atomic E-state index is 0.391. The van der Waals surface area contributed by atoms with Gasteiger partial charge in [-0.1, -0.05) is 70.5 Å². The van der Waals surface area contributed by atoms with Crippen molar-refractivity contribution in [2.45, 2.75) is 105 Å². The number of hydrogen-bond donors (Lipinski definition) is 1. The van der Waals surface area contributed by atoms with Crippen LogP contribution in [0.1, 0.15) is 121 Å². The molecule has 4 heteroatoms. The van der Waals surface area contributed by atoms with E-state index in [1.807, 2.05) is 19.1 Å². The zero-order valence-corrected chi connectivity index (χ0v) is 35.1. The summed E-state index contributed by atoms with van der Waals surface area (Å²) in [5.41, 5.74) is 5.51. The van der Waals surface area contributed by atoms with Gasteiger partial charge in [0.15, 0.2) is 0 Å². The number of nitrogens with zero attached hydrogens (tertiary/aromatic N) is 2. The summed E-state index contributed by atoms with van der Waals surface area (Å²) in [4.78, 5) is 16.4. The number of allylic oxidation sites excluding steroid dienone is 3. The van der Waals surface area contributed by atoms with Crippen LogP contribution in [-0.2, 0) is 0 Å². The summed E-state index contributed by atoms with van der Waals surface area (Å²) in [6.45, 7) is 24.7. The summed E-state index contributed by atoms with van der Waals surface area (Å²) in [5, 5.41) is 4.05. The van der Waals surface area contributed by atoms with Gasteiger partial charge in [0, 0.05) is 38.3 Å². The van der Waals surface area contributed by atoms with E-state index in [0.29, 0.717) is 27.6 Å². The highest BCUT2D eigenvalue weighted by Crippen LogP contribution is 2.76. The molecule has 4 unspecified atom stereocenters. The molecular formula is C50H75N3O. The second kappa shape index (κ2) is 20.2. The van der Waals surface area contributed by atoms with Crippen LogP contribution in [0.25, 0.3) is 5.57 Å². The Kier molecular flexibility index (Phi) is 17.0. The van der Waals surface area contributed by atoms with Crippen molar-refractivity contribution in [1.29, 1.82) is 0 Å². The van der Waals surface area contributed by atoms with Gasteiger partial charge in [-0.2, -0.15) is 0 Å². The average Bonchev–Trinajstić information content (AvgIpc) is 3.63. The quantitative estimate of drug-likeness (QED) is 0.125.